The molecule has 2 N–H and O–H groups in total. The van der Waals surface area contributed by atoms with Crippen molar-refractivity contribution in [1.29, 1.82) is 0 Å². The minimum Gasteiger partial charge on any atom is -0.390 e. The quantitative estimate of drug-likeness (QED) is 0.796. The fourth-order valence-corrected chi connectivity index (χ4v) is 3.84. The monoisotopic (exact) mass is 387 g/mol. The maximum absolute atomic E-state index is 13.0. The molecular weight excluding hydrogens is 362 g/mol. The van der Waals surface area contributed by atoms with Gasteiger partial charge in [-0.25, -0.2) is 0 Å². The number of carbonyl (C=O) groups is 1. The lowest BCUT2D eigenvalue weighted by Crippen LogP contribution is -2.55. The third-order valence-corrected chi connectivity index (χ3v) is 5.48. The highest BCUT2D eigenvalue weighted by Gasteiger charge is 2.38. The van der Waals surface area contributed by atoms with Crippen LogP contribution in [0.4, 0.5) is 0 Å². The van der Waals surface area contributed by atoms with Crippen LogP contribution in [-0.2, 0) is 4.74 Å². The van der Waals surface area contributed by atoms with Crippen LogP contribution in [-0.4, -0.2) is 88.7 Å². The lowest BCUT2D eigenvalue weighted by Gasteiger charge is -2.38. The van der Waals surface area contributed by atoms with Gasteiger partial charge in [0.2, 0.25) is 5.76 Å². The highest BCUT2D eigenvalue weighted by Crippen LogP contribution is 2.23. The number of amides is 1. The van der Waals surface area contributed by atoms with Crippen LogP contribution >= 0.6 is 0 Å². The fourth-order valence-electron chi connectivity index (χ4n) is 3.84. The third kappa shape index (κ3) is 3.95. The first kappa shape index (κ1) is 19.1. The van der Waals surface area contributed by atoms with Crippen molar-refractivity contribution in [1.82, 2.24) is 15.0 Å². The summed E-state index contributed by atoms with van der Waals surface area (Å²) in [6.45, 7) is 3.15. The summed E-state index contributed by atoms with van der Waals surface area (Å²) in [7, 11) is 0. The summed E-state index contributed by atoms with van der Waals surface area (Å²) in [6, 6.07) is 10.8. The van der Waals surface area contributed by atoms with E-state index in [1.807, 2.05) is 30.3 Å². The molecule has 0 unspecified atom stereocenters. The molecule has 3 atom stereocenters. The molecular formula is C20H25N3O5. The Bertz CT molecular complexity index is 790. The molecule has 2 aromatic rings. The van der Waals surface area contributed by atoms with E-state index in [4.69, 9.17) is 9.26 Å². The summed E-state index contributed by atoms with van der Waals surface area (Å²) in [5, 5.41) is 24.9. The number of ether oxygens (including phenoxy) is 1. The number of carbonyl (C=O) groups excluding carboxylic acids is 1. The Morgan fingerprint density at radius 1 is 1.11 bits per heavy atom. The summed E-state index contributed by atoms with van der Waals surface area (Å²) in [6.07, 6.45) is -1.47. The Balaban J connectivity index is 1.52. The zero-order valence-corrected chi connectivity index (χ0v) is 15.6. The second-order valence-corrected chi connectivity index (χ2v) is 7.26. The second kappa shape index (κ2) is 8.40. The van der Waals surface area contributed by atoms with Crippen LogP contribution in [0.3, 0.4) is 0 Å². The molecule has 0 aliphatic carbocycles. The molecule has 0 radical (unpaired) electrons. The average molecular weight is 387 g/mol. The number of aliphatic hydroxyl groups excluding tert-OH is 2. The summed E-state index contributed by atoms with van der Waals surface area (Å²) in [5.41, 5.74) is 1.47. The summed E-state index contributed by atoms with van der Waals surface area (Å²) < 4.78 is 10.7. The Morgan fingerprint density at radius 2 is 1.86 bits per heavy atom. The predicted molar refractivity (Wildman–Crippen MR) is 101 cm³/mol. The van der Waals surface area contributed by atoms with Crippen LogP contribution in [0.2, 0.25) is 0 Å². The van der Waals surface area contributed by atoms with Crippen molar-refractivity contribution in [3.63, 3.8) is 0 Å². The standard InChI is InChI=1S/C20H25N3O5/c24-17-6-7-23(13-16(19(17)25)22-8-10-27-11-9-22)20(26)18-12-15(21-28-18)14-4-2-1-3-5-14/h1-5,12,16-17,19,24-25H,6-11,13H2/t16-,17-,19+/m1/s1. The number of aromatic nitrogens is 1. The molecule has 3 heterocycles. The van der Waals surface area contributed by atoms with Gasteiger partial charge in [-0.2, -0.15) is 0 Å². The molecule has 0 bridgehead atoms. The van der Waals surface area contributed by atoms with Crippen molar-refractivity contribution in [2.75, 3.05) is 39.4 Å². The molecule has 1 amide bonds. The fraction of sp³-hybridized carbons (Fsp3) is 0.500. The van der Waals surface area contributed by atoms with Gasteiger partial charge in [-0.1, -0.05) is 35.5 Å². The average Bonchev–Trinajstić information content (AvgIpc) is 3.19. The highest BCUT2D eigenvalue weighted by atomic mass is 16.5. The molecule has 0 spiro atoms. The molecule has 2 saturated heterocycles. The number of nitrogens with zero attached hydrogens (tertiary/aromatic N) is 3. The third-order valence-electron chi connectivity index (χ3n) is 5.48. The lowest BCUT2D eigenvalue weighted by atomic mass is 10.0. The Labute approximate surface area is 163 Å². The molecule has 2 aliphatic rings. The van der Waals surface area contributed by atoms with Crippen LogP contribution in [0.15, 0.2) is 40.9 Å². The molecule has 8 heteroatoms. The molecule has 28 heavy (non-hydrogen) atoms. The zero-order valence-electron chi connectivity index (χ0n) is 15.6. The molecule has 2 fully saturated rings. The van der Waals surface area contributed by atoms with Gasteiger partial charge in [-0.15, -0.1) is 0 Å². The molecule has 0 saturated carbocycles. The lowest BCUT2D eigenvalue weighted by molar-refractivity contribution is -0.0610. The Morgan fingerprint density at radius 3 is 2.61 bits per heavy atom. The smallest absolute Gasteiger partial charge is 0.292 e. The normalized spacial score (nSPS) is 26.8. The number of likely N-dealkylation sites (tertiary alicyclic amines) is 1. The van der Waals surface area contributed by atoms with E-state index in [0.29, 0.717) is 51.5 Å². The van der Waals surface area contributed by atoms with Gasteiger partial charge in [0.15, 0.2) is 0 Å². The van der Waals surface area contributed by atoms with Crippen molar-refractivity contribution >= 4 is 5.91 Å². The maximum atomic E-state index is 13.0. The number of hydrogen-bond acceptors (Lipinski definition) is 7. The van der Waals surface area contributed by atoms with Gasteiger partial charge in [0, 0.05) is 37.8 Å². The van der Waals surface area contributed by atoms with Crippen LogP contribution in [0.25, 0.3) is 11.3 Å². The largest absolute Gasteiger partial charge is 0.390 e. The van der Waals surface area contributed by atoms with Gasteiger partial charge in [0.25, 0.3) is 5.91 Å². The van der Waals surface area contributed by atoms with Crippen molar-refractivity contribution in [3.05, 3.63) is 42.2 Å². The minimum atomic E-state index is -0.912. The SMILES string of the molecule is O=C(c1cc(-c2ccccc2)no1)N1CC[C@@H](O)[C@@H](O)[C@H](N2CCOCC2)C1. The number of morpholine rings is 1. The van der Waals surface area contributed by atoms with Gasteiger partial charge < -0.3 is 24.4 Å². The summed E-state index contributed by atoms with van der Waals surface area (Å²) in [5.74, 6) is -0.125. The van der Waals surface area contributed by atoms with Crippen molar-refractivity contribution in [3.8, 4) is 11.3 Å². The van der Waals surface area contributed by atoms with E-state index in [1.54, 1.807) is 11.0 Å². The van der Waals surface area contributed by atoms with E-state index in [-0.39, 0.29) is 17.7 Å². The molecule has 1 aromatic heterocycles. The Hall–Kier alpha value is -2.26. The van der Waals surface area contributed by atoms with Crippen LogP contribution in [0, 0.1) is 0 Å². The van der Waals surface area contributed by atoms with Gasteiger partial charge in [-0.3, -0.25) is 9.69 Å². The number of hydrogen-bond donors (Lipinski definition) is 2. The molecule has 4 rings (SSSR count). The molecule has 8 nitrogen and oxygen atoms in total. The first-order valence-electron chi connectivity index (χ1n) is 9.63. The van der Waals surface area contributed by atoms with E-state index < -0.39 is 12.2 Å². The first-order chi connectivity index (χ1) is 13.6. The predicted octanol–water partition coefficient (Wildman–Crippen LogP) is 0.610. The zero-order chi connectivity index (χ0) is 19.5. The van der Waals surface area contributed by atoms with Crippen LogP contribution < -0.4 is 0 Å². The first-order valence-corrected chi connectivity index (χ1v) is 9.63. The van der Waals surface area contributed by atoms with E-state index in [0.717, 1.165) is 5.56 Å². The van der Waals surface area contributed by atoms with Crippen LogP contribution in [0.5, 0.6) is 0 Å². The molecule has 2 aliphatic heterocycles. The maximum Gasteiger partial charge on any atom is 0.292 e. The van der Waals surface area contributed by atoms with E-state index in [9.17, 15) is 15.0 Å². The van der Waals surface area contributed by atoms with Crippen LogP contribution in [0.1, 0.15) is 17.0 Å². The number of aliphatic hydroxyl groups is 2. The van der Waals surface area contributed by atoms with E-state index in [1.165, 1.54) is 0 Å². The second-order valence-electron chi connectivity index (χ2n) is 7.26. The van der Waals surface area contributed by atoms with Crippen molar-refractivity contribution in [2.45, 2.75) is 24.7 Å². The van der Waals surface area contributed by atoms with Gasteiger partial charge >= 0.3 is 0 Å². The van der Waals surface area contributed by atoms with Gasteiger partial charge in [0.1, 0.15) is 5.69 Å². The number of rotatable bonds is 3. The highest BCUT2D eigenvalue weighted by molar-refractivity contribution is 5.92. The van der Waals surface area contributed by atoms with Crippen molar-refractivity contribution in [2.24, 2.45) is 0 Å². The molecule has 1 aromatic carbocycles. The van der Waals surface area contributed by atoms with E-state index >= 15 is 0 Å². The van der Waals surface area contributed by atoms with Crippen molar-refractivity contribution < 1.29 is 24.3 Å². The van der Waals surface area contributed by atoms with E-state index in [2.05, 4.69) is 10.1 Å². The molecule has 150 valence electrons. The number of benzene rings is 1. The van der Waals surface area contributed by atoms with Gasteiger partial charge in [-0.05, 0) is 6.42 Å². The summed E-state index contributed by atoms with van der Waals surface area (Å²) in [4.78, 5) is 16.7. The minimum absolute atomic E-state index is 0.158. The topological polar surface area (TPSA) is 99.3 Å². The summed E-state index contributed by atoms with van der Waals surface area (Å²) >= 11 is 0. The Kier molecular flexibility index (Phi) is 5.72. The van der Waals surface area contributed by atoms with Gasteiger partial charge in [0.05, 0.1) is 31.5 Å².